The number of allylic oxidation sites excluding steroid dienone is 7. The zero-order valence-electron chi connectivity index (χ0n) is 14.6. The van der Waals surface area contributed by atoms with Crippen molar-refractivity contribution in [3.05, 3.63) is 47.1 Å². The topological polar surface area (TPSA) is 37.3 Å². The largest absolute Gasteiger partial charge is 0.478 e. The van der Waals surface area contributed by atoms with E-state index in [1.807, 2.05) is 13.0 Å². The second-order valence-corrected chi connectivity index (χ2v) is 7.13. The lowest BCUT2D eigenvalue weighted by molar-refractivity contribution is -0.131. The maximum Gasteiger partial charge on any atom is 0.328 e. The van der Waals surface area contributed by atoms with Crippen LogP contribution in [0.4, 0.5) is 0 Å². The molecule has 22 heavy (non-hydrogen) atoms. The third kappa shape index (κ3) is 6.05. The van der Waals surface area contributed by atoms with Gasteiger partial charge in [0.15, 0.2) is 0 Å². The van der Waals surface area contributed by atoms with E-state index in [0.717, 1.165) is 12.0 Å². The van der Waals surface area contributed by atoms with Crippen LogP contribution >= 0.6 is 0 Å². The van der Waals surface area contributed by atoms with Crippen LogP contribution in [-0.4, -0.2) is 11.1 Å². The van der Waals surface area contributed by atoms with E-state index in [1.165, 1.54) is 36.5 Å². The molecule has 0 heterocycles. The van der Waals surface area contributed by atoms with Gasteiger partial charge in [-0.25, -0.2) is 4.79 Å². The molecular formula is C20H30O2. The summed E-state index contributed by atoms with van der Waals surface area (Å²) in [5.74, 6) is -0.441. The van der Waals surface area contributed by atoms with Crippen molar-refractivity contribution >= 4 is 5.97 Å². The molecule has 2 heteroatoms. The van der Waals surface area contributed by atoms with Gasteiger partial charge in [-0.15, -0.1) is 0 Å². The Morgan fingerprint density at radius 3 is 2.68 bits per heavy atom. The summed E-state index contributed by atoms with van der Waals surface area (Å²) in [5.41, 5.74) is 4.08. The van der Waals surface area contributed by atoms with Crippen molar-refractivity contribution in [2.45, 2.75) is 60.3 Å². The maximum atomic E-state index is 10.5. The quantitative estimate of drug-likeness (QED) is 0.506. The third-order valence-electron chi connectivity index (χ3n) is 4.37. The van der Waals surface area contributed by atoms with E-state index >= 15 is 0 Å². The molecule has 1 aliphatic carbocycles. The second kappa shape index (κ2) is 8.17. The minimum absolute atomic E-state index is 0.287. The highest BCUT2D eigenvalue weighted by Crippen LogP contribution is 2.40. The summed E-state index contributed by atoms with van der Waals surface area (Å²) < 4.78 is 0. The van der Waals surface area contributed by atoms with Gasteiger partial charge < -0.3 is 5.11 Å². The van der Waals surface area contributed by atoms with Crippen molar-refractivity contribution in [3.63, 3.8) is 0 Å². The predicted molar refractivity (Wildman–Crippen MR) is 93.8 cm³/mol. The molecule has 1 atom stereocenters. The minimum Gasteiger partial charge on any atom is -0.478 e. The van der Waals surface area contributed by atoms with Gasteiger partial charge in [0.2, 0.25) is 0 Å². The van der Waals surface area contributed by atoms with Crippen molar-refractivity contribution in [2.75, 3.05) is 0 Å². The van der Waals surface area contributed by atoms with Crippen LogP contribution in [0, 0.1) is 11.3 Å². The van der Waals surface area contributed by atoms with Gasteiger partial charge in [0, 0.05) is 6.08 Å². The molecule has 0 radical (unpaired) electrons. The molecule has 1 unspecified atom stereocenters. The summed E-state index contributed by atoms with van der Waals surface area (Å²) in [4.78, 5) is 10.5. The van der Waals surface area contributed by atoms with E-state index in [0.29, 0.717) is 5.92 Å². The second-order valence-electron chi connectivity index (χ2n) is 7.13. The lowest BCUT2D eigenvalue weighted by Crippen LogP contribution is -2.19. The van der Waals surface area contributed by atoms with E-state index in [-0.39, 0.29) is 5.41 Å². The number of hydrogen-bond acceptors (Lipinski definition) is 1. The van der Waals surface area contributed by atoms with Gasteiger partial charge in [-0.1, -0.05) is 50.6 Å². The number of aliphatic carboxylic acids is 1. The lowest BCUT2D eigenvalue weighted by atomic mass is 9.72. The maximum absolute atomic E-state index is 10.5. The van der Waals surface area contributed by atoms with Crippen molar-refractivity contribution in [2.24, 2.45) is 11.3 Å². The summed E-state index contributed by atoms with van der Waals surface area (Å²) in [6.45, 7) is 10.9. The molecule has 1 N–H and O–H groups in total. The van der Waals surface area contributed by atoms with Gasteiger partial charge in [-0.3, -0.25) is 0 Å². The van der Waals surface area contributed by atoms with Crippen LogP contribution in [-0.2, 0) is 4.79 Å². The van der Waals surface area contributed by atoms with Crippen LogP contribution in [0.3, 0.4) is 0 Å². The van der Waals surface area contributed by atoms with Gasteiger partial charge in [-0.05, 0) is 62.0 Å². The van der Waals surface area contributed by atoms with Crippen molar-refractivity contribution in [1.29, 1.82) is 0 Å². The highest BCUT2D eigenvalue weighted by atomic mass is 16.4. The first-order valence-electron chi connectivity index (χ1n) is 8.18. The van der Waals surface area contributed by atoms with E-state index in [2.05, 4.69) is 45.9 Å². The average molecular weight is 302 g/mol. The van der Waals surface area contributed by atoms with Crippen LogP contribution in [0.15, 0.2) is 47.1 Å². The van der Waals surface area contributed by atoms with E-state index in [1.54, 1.807) is 0 Å². The molecule has 0 spiro atoms. The van der Waals surface area contributed by atoms with Gasteiger partial charge in [0.1, 0.15) is 0 Å². The Balaban J connectivity index is 2.63. The molecule has 0 fully saturated rings. The highest BCUT2D eigenvalue weighted by Gasteiger charge is 2.26. The number of rotatable bonds is 6. The highest BCUT2D eigenvalue weighted by molar-refractivity contribution is 5.81. The molecule has 0 saturated carbocycles. The summed E-state index contributed by atoms with van der Waals surface area (Å²) in [7, 11) is 0. The Hall–Kier alpha value is -1.57. The van der Waals surface area contributed by atoms with Crippen LogP contribution in [0.5, 0.6) is 0 Å². The molecule has 2 nitrogen and oxygen atoms in total. The number of carboxylic acids is 1. The molecule has 0 aromatic carbocycles. The molecule has 1 aliphatic rings. The van der Waals surface area contributed by atoms with Crippen molar-refractivity contribution in [3.8, 4) is 0 Å². The molecule has 0 aromatic rings. The SMILES string of the molecule is CC1=C(/C=C/C(C)C/C=C/C(C)=C/C(=O)O)C(C)(C)CCC1. The number of carboxylic acid groups (broad SMARTS) is 1. The van der Waals surface area contributed by atoms with Crippen LogP contribution in [0.1, 0.15) is 60.3 Å². The zero-order valence-corrected chi connectivity index (χ0v) is 14.6. The molecule has 0 amide bonds. The van der Waals surface area contributed by atoms with E-state index in [4.69, 9.17) is 5.11 Å². The first-order valence-corrected chi connectivity index (χ1v) is 8.18. The first kappa shape index (κ1) is 18.5. The fourth-order valence-electron chi connectivity index (χ4n) is 3.06. The lowest BCUT2D eigenvalue weighted by Gasteiger charge is -2.33. The van der Waals surface area contributed by atoms with Gasteiger partial charge in [-0.2, -0.15) is 0 Å². The fraction of sp³-hybridized carbons (Fsp3) is 0.550. The van der Waals surface area contributed by atoms with E-state index < -0.39 is 5.97 Å². The normalized spacial score (nSPS) is 20.9. The summed E-state index contributed by atoms with van der Waals surface area (Å²) in [5, 5.41) is 8.67. The smallest absolute Gasteiger partial charge is 0.328 e. The van der Waals surface area contributed by atoms with Gasteiger partial charge in [0.25, 0.3) is 0 Å². The summed E-state index contributed by atoms with van der Waals surface area (Å²) in [6.07, 6.45) is 14.5. The third-order valence-corrected chi connectivity index (χ3v) is 4.37. The van der Waals surface area contributed by atoms with E-state index in [9.17, 15) is 4.79 Å². The Kier molecular flexibility index (Phi) is 6.86. The van der Waals surface area contributed by atoms with Gasteiger partial charge >= 0.3 is 5.97 Å². The first-order chi connectivity index (χ1) is 10.2. The zero-order chi connectivity index (χ0) is 16.8. The molecule has 0 aromatic heterocycles. The Labute approximate surface area is 135 Å². The van der Waals surface area contributed by atoms with Gasteiger partial charge in [0.05, 0.1) is 0 Å². The van der Waals surface area contributed by atoms with Crippen LogP contribution in [0.25, 0.3) is 0 Å². The molecule has 0 aliphatic heterocycles. The van der Waals surface area contributed by atoms with Crippen molar-refractivity contribution in [1.82, 2.24) is 0 Å². The monoisotopic (exact) mass is 302 g/mol. The number of hydrogen-bond donors (Lipinski definition) is 1. The Bertz CT molecular complexity index is 516. The standard InChI is InChI=1S/C20H30O2/c1-15(8-6-9-16(2)14-19(21)22)11-12-18-17(3)10-7-13-20(18,4)5/h6,9,11-12,14-15H,7-8,10,13H2,1-5H3,(H,21,22)/b9-6+,12-11+,16-14+. The minimum atomic E-state index is -0.892. The fourth-order valence-corrected chi connectivity index (χ4v) is 3.06. The van der Waals surface area contributed by atoms with Crippen LogP contribution < -0.4 is 0 Å². The Morgan fingerprint density at radius 2 is 2.09 bits per heavy atom. The molecule has 0 saturated heterocycles. The predicted octanol–water partition coefficient (Wildman–Crippen LogP) is 5.68. The summed E-state index contributed by atoms with van der Waals surface area (Å²) in [6, 6.07) is 0. The molecular weight excluding hydrogens is 272 g/mol. The number of carbonyl (C=O) groups is 1. The molecule has 0 bridgehead atoms. The average Bonchev–Trinajstić information content (AvgIpc) is 2.36. The summed E-state index contributed by atoms with van der Waals surface area (Å²) >= 11 is 0. The van der Waals surface area contributed by atoms with Crippen LogP contribution in [0.2, 0.25) is 0 Å². The van der Waals surface area contributed by atoms with Crippen molar-refractivity contribution < 1.29 is 9.90 Å². The Morgan fingerprint density at radius 1 is 1.41 bits per heavy atom. The molecule has 122 valence electrons. The molecule has 1 rings (SSSR count).